The summed E-state index contributed by atoms with van der Waals surface area (Å²) in [7, 11) is 0. The summed E-state index contributed by atoms with van der Waals surface area (Å²) in [5, 5.41) is 14.7. The Morgan fingerprint density at radius 1 is 1.00 bits per heavy atom. The first-order valence-electron chi connectivity index (χ1n) is 9.55. The van der Waals surface area contributed by atoms with Crippen molar-refractivity contribution in [2.45, 2.75) is 26.8 Å². The third-order valence-corrected chi connectivity index (χ3v) is 5.33. The number of benzene rings is 2. The lowest BCUT2D eigenvalue weighted by Gasteiger charge is -2.29. The van der Waals surface area contributed by atoms with Crippen molar-refractivity contribution >= 4 is 22.3 Å². The molecule has 1 N–H and O–H groups in total. The predicted molar refractivity (Wildman–Crippen MR) is 111 cm³/mol. The van der Waals surface area contributed by atoms with Gasteiger partial charge in [0.15, 0.2) is 5.82 Å². The number of anilines is 2. The molecule has 0 saturated carbocycles. The summed E-state index contributed by atoms with van der Waals surface area (Å²) in [5.74, 6) is 0.835. The van der Waals surface area contributed by atoms with Gasteiger partial charge in [-0.3, -0.25) is 0 Å². The number of ether oxygens (including phenoxy) is 1. The second-order valence-electron chi connectivity index (χ2n) is 7.19. The van der Waals surface area contributed by atoms with E-state index in [0.717, 1.165) is 48.6 Å². The average molecular weight is 362 g/mol. The quantitative estimate of drug-likeness (QED) is 0.752. The molecule has 0 bridgehead atoms. The minimum absolute atomic E-state index is 0.151. The molecule has 4 rings (SSSR count). The molecule has 1 saturated heterocycles. The fraction of sp³-hybridized carbons (Fsp3) is 0.364. The van der Waals surface area contributed by atoms with Gasteiger partial charge in [-0.05, 0) is 44.0 Å². The number of hydrogen-bond donors (Lipinski definition) is 1. The van der Waals surface area contributed by atoms with Crippen LogP contribution in [0.4, 0.5) is 11.5 Å². The van der Waals surface area contributed by atoms with Crippen molar-refractivity contribution in [3.63, 3.8) is 0 Å². The molecule has 0 spiro atoms. The molecule has 0 aliphatic carbocycles. The van der Waals surface area contributed by atoms with Gasteiger partial charge in [-0.15, -0.1) is 5.10 Å². The molecule has 0 unspecified atom stereocenters. The Morgan fingerprint density at radius 2 is 1.78 bits per heavy atom. The van der Waals surface area contributed by atoms with Crippen molar-refractivity contribution in [3.05, 3.63) is 59.3 Å². The van der Waals surface area contributed by atoms with Gasteiger partial charge >= 0.3 is 0 Å². The van der Waals surface area contributed by atoms with Gasteiger partial charge in [0.05, 0.1) is 24.9 Å². The minimum Gasteiger partial charge on any atom is -0.378 e. The average Bonchev–Trinajstić information content (AvgIpc) is 2.71. The molecule has 0 amide bonds. The first-order valence-corrected chi connectivity index (χ1v) is 9.55. The van der Waals surface area contributed by atoms with Crippen LogP contribution in [0, 0.1) is 13.8 Å². The first kappa shape index (κ1) is 17.7. The summed E-state index contributed by atoms with van der Waals surface area (Å²) in [5.41, 5.74) is 4.71. The van der Waals surface area contributed by atoms with E-state index in [4.69, 9.17) is 4.74 Å². The van der Waals surface area contributed by atoms with Crippen molar-refractivity contribution in [1.82, 2.24) is 10.2 Å². The zero-order valence-electron chi connectivity index (χ0n) is 16.2. The van der Waals surface area contributed by atoms with Crippen LogP contribution >= 0.6 is 0 Å². The molecule has 140 valence electrons. The van der Waals surface area contributed by atoms with Crippen LogP contribution in [-0.2, 0) is 4.74 Å². The topological polar surface area (TPSA) is 50.3 Å². The number of aryl methyl sites for hydroxylation is 2. The molecule has 1 aliphatic rings. The van der Waals surface area contributed by atoms with E-state index in [1.807, 2.05) is 6.92 Å². The van der Waals surface area contributed by atoms with Crippen LogP contribution in [0.15, 0.2) is 42.5 Å². The number of morpholine rings is 1. The van der Waals surface area contributed by atoms with Gasteiger partial charge in [0.2, 0.25) is 0 Å². The van der Waals surface area contributed by atoms with Crippen molar-refractivity contribution in [3.8, 4) is 0 Å². The van der Waals surface area contributed by atoms with E-state index in [9.17, 15) is 0 Å². The maximum atomic E-state index is 5.49. The van der Waals surface area contributed by atoms with Gasteiger partial charge in [0.1, 0.15) is 0 Å². The zero-order valence-corrected chi connectivity index (χ0v) is 16.2. The number of rotatable bonds is 4. The van der Waals surface area contributed by atoms with Crippen LogP contribution in [0.1, 0.15) is 29.8 Å². The summed E-state index contributed by atoms with van der Waals surface area (Å²) >= 11 is 0. The van der Waals surface area contributed by atoms with Crippen LogP contribution in [-0.4, -0.2) is 36.5 Å². The predicted octanol–water partition coefficient (Wildman–Crippen LogP) is 4.26. The lowest BCUT2D eigenvalue weighted by molar-refractivity contribution is 0.122. The molecule has 2 heterocycles. The Hall–Kier alpha value is -2.66. The molecular formula is C22H26N4O. The van der Waals surface area contributed by atoms with Gasteiger partial charge in [-0.1, -0.05) is 30.3 Å². The first-order chi connectivity index (χ1) is 13.1. The molecule has 1 aliphatic heterocycles. The number of fused-ring (bicyclic) bond motifs is 1. The van der Waals surface area contributed by atoms with E-state index in [2.05, 4.69) is 76.7 Å². The largest absolute Gasteiger partial charge is 0.378 e. The van der Waals surface area contributed by atoms with Gasteiger partial charge < -0.3 is 15.0 Å². The number of hydrogen-bond acceptors (Lipinski definition) is 5. The smallest absolute Gasteiger partial charge is 0.157 e. The van der Waals surface area contributed by atoms with Crippen molar-refractivity contribution in [2.75, 3.05) is 36.5 Å². The van der Waals surface area contributed by atoms with Crippen LogP contribution in [0.2, 0.25) is 0 Å². The van der Waals surface area contributed by atoms with E-state index >= 15 is 0 Å². The van der Waals surface area contributed by atoms with E-state index in [1.165, 1.54) is 16.8 Å². The summed E-state index contributed by atoms with van der Waals surface area (Å²) in [4.78, 5) is 2.37. The van der Waals surface area contributed by atoms with E-state index in [1.54, 1.807) is 0 Å². The molecule has 2 aromatic carbocycles. The van der Waals surface area contributed by atoms with Crippen molar-refractivity contribution < 1.29 is 4.74 Å². The number of nitrogens with zero attached hydrogens (tertiary/aromatic N) is 3. The highest BCUT2D eigenvalue weighted by Gasteiger charge is 2.16. The van der Waals surface area contributed by atoms with Crippen molar-refractivity contribution in [1.29, 1.82) is 0 Å². The maximum absolute atomic E-state index is 5.49. The second-order valence-corrected chi connectivity index (χ2v) is 7.19. The SMILES string of the molecule is Cc1ccccc1[C@@H](C)Nc1nnc(C)c2ccc(N3CCOCC3)cc12. The molecular weight excluding hydrogens is 336 g/mol. The molecule has 1 fully saturated rings. The molecule has 0 radical (unpaired) electrons. The maximum Gasteiger partial charge on any atom is 0.157 e. The highest BCUT2D eigenvalue weighted by Crippen LogP contribution is 2.30. The third-order valence-electron chi connectivity index (χ3n) is 5.33. The van der Waals surface area contributed by atoms with Crippen molar-refractivity contribution in [2.24, 2.45) is 0 Å². The lowest BCUT2D eigenvalue weighted by atomic mass is 10.0. The summed E-state index contributed by atoms with van der Waals surface area (Å²) < 4.78 is 5.49. The summed E-state index contributed by atoms with van der Waals surface area (Å²) in [6.07, 6.45) is 0. The van der Waals surface area contributed by atoms with E-state index in [-0.39, 0.29) is 6.04 Å². The molecule has 5 heteroatoms. The number of nitrogens with one attached hydrogen (secondary N) is 1. The van der Waals surface area contributed by atoms with E-state index in [0.29, 0.717) is 0 Å². The fourth-order valence-corrected chi connectivity index (χ4v) is 3.76. The van der Waals surface area contributed by atoms with Crippen LogP contribution in [0.25, 0.3) is 10.8 Å². The molecule has 1 atom stereocenters. The summed E-state index contributed by atoms with van der Waals surface area (Å²) in [6, 6.07) is 15.2. The molecule has 3 aromatic rings. The van der Waals surface area contributed by atoms with Crippen LogP contribution in [0.5, 0.6) is 0 Å². The Labute approximate surface area is 160 Å². The Morgan fingerprint density at radius 3 is 2.56 bits per heavy atom. The highest BCUT2D eigenvalue weighted by atomic mass is 16.5. The molecule has 1 aromatic heterocycles. The molecule has 27 heavy (non-hydrogen) atoms. The van der Waals surface area contributed by atoms with Gasteiger partial charge in [-0.2, -0.15) is 5.10 Å². The zero-order chi connectivity index (χ0) is 18.8. The monoisotopic (exact) mass is 362 g/mol. The highest BCUT2D eigenvalue weighted by molar-refractivity contribution is 5.95. The fourth-order valence-electron chi connectivity index (χ4n) is 3.76. The van der Waals surface area contributed by atoms with Gasteiger partial charge in [0.25, 0.3) is 0 Å². The van der Waals surface area contributed by atoms with Gasteiger partial charge in [0, 0.05) is 29.5 Å². The Bertz CT molecular complexity index is 950. The second kappa shape index (κ2) is 7.53. The van der Waals surface area contributed by atoms with Crippen LogP contribution < -0.4 is 10.2 Å². The Balaban J connectivity index is 1.71. The minimum atomic E-state index is 0.151. The molecule has 5 nitrogen and oxygen atoms in total. The normalized spacial score (nSPS) is 15.7. The van der Waals surface area contributed by atoms with Crippen LogP contribution in [0.3, 0.4) is 0 Å². The Kier molecular flexibility index (Phi) is 4.94. The third kappa shape index (κ3) is 3.60. The lowest BCUT2D eigenvalue weighted by Crippen LogP contribution is -2.36. The summed E-state index contributed by atoms with van der Waals surface area (Å²) in [6.45, 7) is 9.72. The number of aromatic nitrogens is 2. The van der Waals surface area contributed by atoms with Gasteiger partial charge in [-0.25, -0.2) is 0 Å². The standard InChI is InChI=1S/C22H26N4O/c1-15-6-4-5-7-19(15)16(2)23-22-21-14-18(26-10-12-27-13-11-26)8-9-20(21)17(3)24-25-22/h4-9,14,16H,10-13H2,1-3H3,(H,23,25)/t16-/m1/s1. The van der Waals surface area contributed by atoms with E-state index < -0.39 is 0 Å².